The average molecular weight is 393 g/mol. The minimum Gasteiger partial charge on any atom is -0.493 e. The van der Waals surface area contributed by atoms with Crippen molar-refractivity contribution in [1.82, 2.24) is 15.2 Å². The minimum atomic E-state index is 0.578. The summed E-state index contributed by atoms with van der Waals surface area (Å²) < 4.78 is 10.6. The summed E-state index contributed by atoms with van der Waals surface area (Å²) in [6, 6.07) is 14.2. The van der Waals surface area contributed by atoms with Gasteiger partial charge in [-0.2, -0.15) is 10.1 Å². The van der Waals surface area contributed by atoms with E-state index in [4.69, 9.17) is 9.47 Å². The van der Waals surface area contributed by atoms with Crippen molar-refractivity contribution in [3.05, 3.63) is 59.8 Å². The number of nitrogens with one attached hydrogen (secondary N) is 1. The normalized spacial score (nSPS) is 10.5. The molecule has 0 spiro atoms. The summed E-state index contributed by atoms with van der Waals surface area (Å²) in [5, 5.41) is 11.7. The smallest absolute Gasteiger partial charge is 0.251 e. The minimum absolute atomic E-state index is 0.578. The second-order valence-electron chi connectivity index (χ2n) is 6.59. The van der Waals surface area contributed by atoms with Crippen LogP contribution < -0.4 is 19.7 Å². The molecular weight excluding hydrogens is 366 g/mol. The highest BCUT2D eigenvalue weighted by molar-refractivity contribution is 5.58. The summed E-state index contributed by atoms with van der Waals surface area (Å²) in [5.41, 5.74) is 3.39. The van der Waals surface area contributed by atoms with Crippen LogP contribution in [0.4, 0.5) is 17.5 Å². The molecule has 1 N–H and O–H groups in total. The number of methoxy groups -OCH3 is 2. The fraction of sp³-hybridized carbons (Fsp3) is 0.318. The molecule has 1 heterocycles. The molecule has 1 aromatic heterocycles. The molecule has 0 fully saturated rings. The standard InChI is InChI=1S/C22H27N5O2/c1-5-27(18-8-6-7-16(2)13-18)22-25-21(15-24-26-22)23-12-11-17-9-10-19(28-3)20(14-17)29-4/h6-10,13-15H,5,11-12H2,1-4H3,(H,23,25,26). The lowest BCUT2D eigenvalue weighted by atomic mass is 10.1. The Kier molecular flexibility index (Phi) is 6.84. The molecule has 0 atom stereocenters. The van der Waals surface area contributed by atoms with E-state index in [1.165, 1.54) is 5.56 Å². The van der Waals surface area contributed by atoms with Gasteiger partial charge >= 0.3 is 0 Å². The van der Waals surface area contributed by atoms with Crippen LogP contribution in [-0.4, -0.2) is 42.5 Å². The highest BCUT2D eigenvalue weighted by atomic mass is 16.5. The Balaban J connectivity index is 1.67. The van der Waals surface area contributed by atoms with Gasteiger partial charge in [0.15, 0.2) is 17.3 Å². The predicted octanol–water partition coefficient (Wildman–Crippen LogP) is 4.01. The molecule has 2 aromatic carbocycles. The lowest BCUT2D eigenvalue weighted by molar-refractivity contribution is 0.354. The zero-order chi connectivity index (χ0) is 20.6. The van der Waals surface area contributed by atoms with E-state index in [0.29, 0.717) is 18.3 Å². The highest BCUT2D eigenvalue weighted by Crippen LogP contribution is 2.27. The maximum atomic E-state index is 5.36. The number of aromatic nitrogens is 3. The van der Waals surface area contributed by atoms with Gasteiger partial charge in [-0.15, -0.1) is 5.10 Å². The summed E-state index contributed by atoms with van der Waals surface area (Å²) in [7, 11) is 3.27. The first-order valence-electron chi connectivity index (χ1n) is 9.63. The molecule has 3 aromatic rings. The van der Waals surface area contributed by atoms with E-state index in [0.717, 1.165) is 35.7 Å². The molecule has 0 saturated carbocycles. The third-order valence-corrected chi connectivity index (χ3v) is 4.59. The van der Waals surface area contributed by atoms with Gasteiger partial charge < -0.3 is 19.7 Å². The SMILES string of the molecule is CCN(c1cccc(C)c1)c1nncc(NCCc2ccc(OC)c(OC)c2)n1. The number of rotatable bonds is 9. The lowest BCUT2D eigenvalue weighted by Gasteiger charge is -2.21. The van der Waals surface area contributed by atoms with Gasteiger partial charge in [-0.1, -0.05) is 18.2 Å². The molecule has 29 heavy (non-hydrogen) atoms. The van der Waals surface area contributed by atoms with Crippen LogP contribution in [0.15, 0.2) is 48.7 Å². The number of anilines is 3. The zero-order valence-electron chi connectivity index (χ0n) is 17.3. The maximum Gasteiger partial charge on any atom is 0.251 e. The van der Waals surface area contributed by atoms with Gasteiger partial charge in [-0.3, -0.25) is 0 Å². The molecule has 0 radical (unpaired) electrons. The van der Waals surface area contributed by atoms with Gasteiger partial charge in [0.05, 0.1) is 20.4 Å². The van der Waals surface area contributed by atoms with E-state index < -0.39 is 0 Å². The van der Waals surface area contributed by atoms with E-state index in [-0.39, 0.29) is 0 Å². The third kappa shape index (κ3) is 5.13. The summed E-state index contributed by atoms with van der Waals surface area (Å²) in [5.74, 6) is 2.73. The van der Waals surface area contributed by atoms with Crippen molar-refractivity contribution < 1.29 is 9.47 Å². The number of aryl methyl sites for hydroxylation is 1. The van der Waals surface area contributed by atoms with Crippen LogP contribution in [0.1, 0.15) is 18.1 Å². The largest absolute Gasteiger partial charge is 0.493 e. The van der Waals surface area contributed by atoms with Crippen LogP contribution in [0.2, 0.25) is 0 Å². The van der Waals surface area contributed by atoms with Gasteiger partial charge in [-0.25, -0.2) is 0 Å². The Bertz CT molecular complexity index is 948. The van der Waals surface area contributed by atoms with Crippen molar-refractivity contribution in [3.8, 4) is 11.5 Å². The molecule has 0 aliphatic carbocycles. The number of hydrogen-bond donors (Lipinski definition) is 1. The van der Waals surface area contributed by atoms with Crippen molar-refractivity contribution >= 4 is 17.5 Å². The van der Waals surface area contributed by atoms with Crippen molar-refractivity contribution in [1.29, 1.82) is 0 Å². The monoisotopic (exact) mass is 393 g/mol. The average Bonchev–Trinajstić information content (AvgIpc) is 2.74. The Hall–Kier alpha value is -3.35. The van der Waals surface area contributed by atoms with Crippen molar-refractivity contribution in [2.45, 2.75) is 20.3 Å². The molecule has 7 nitrogen and oxygen atoms in total. The summed E-state index contributed by atoms with van der Waals surface area (Å²) in [4.78, 5) is 6.68. The van der Waals surface area contributed by atoms with Crippen LogP contribution in [0.5, 0.6) is 11.5 Å². The second-order valence-corrected chi connectivity index (χ2v) is 6.59. The first kappa shape index (κ1) is 20.4. The molecular formula is C22H27N5O2. The first-order valence-corrected chi connectivity index (χ1v) is 9.63. The van der Waals surface area contributed by atoms with Crippen LogP contribution in [0, 0.1) is 6.92 Å². The Morgan fingerprint density at radius 1 is 1.03 bits per heavy atom. The van der Waals surface area contributed by atoms with E-state index >= 15 is 0 Å². The molecule has 3 rings (SSSR count). The quantitative estimate of drug-likeness (QED) is 0.589. The van der Waals surface area contributed by atoms with Crippen LogP contribution in [-0.2, 0) is 6.42 Å². The first-order chi connectivity index (χ1) is 14.1. The second kappa shape index (κ2) is 9.73. The van der Waals surface area contributed by atoms with Crippen molar-refractivity contribution in [2.75, 3.05) is 37.5 Å². The molecule has 0 unspecified atom stereocenters. The van der Waals surface area contributed by atoms with E-state index in [1.54, 1.807) is 20.4 Å². The fourth-order valence-electron chi connectivity index (χ4n) is 3.10. The van der Waals surface area contributed by atoms with Gasteiger partial charge in [0.25, 0.3) is 5.95 Å². The number of benzene rings is 2. The molecule has 0 aliphatic heterocycles. The Morgan fingerprint density at radius 2 is 1.86 bits per heavy atom. The Morgan fingerprint density at radius 3 is 2.59 bits per heavy atom. The molecule has 0 bridgehead atoms. The van der Waals surface area contributed by atoms with Crippen LogP contribution in [0.3, 0.4) is 0 Å². The summed E-state index contributed by atoms with van der Waals surface area (Å²) in [6.07, 6.45) is 2.46. The molecule has 0 saturated heterocycles. The molecule has 0 amide bonds. The van der Waals surface area contributed by atoms with Crippen molar-refractivity contribution in [3.63, 3.8) is 0 Å². The Labute approximate surface area is 171 Å². The zero-order valence-corrected chi connectivity index (χ0v) is 17.3. The summed E-state index contributed by atoms with van der Waals surface area (Å²) in [6.45, 7) is 5.61. The van der Waals surface area contributed by atoms with E-state index in [1.807, 2.05) is 29.2 Å². The molecule has 7 heteroatoms. The van der Waals surface area contributed by atoms with Gasteiger partial charge in [0, 0.05) is 18.8 Å². The molecule has 152 valence electrons. The summed E-state index contributed by atoms with van der Waals surface area (Å²) >= 11 is 0. The van der Waals surface area contributed by atoms with Gasteiger partial charge in [-0.05, 0) is 55.7 Å². The third-order valence-electron chi connectivity index (χ3n) is 4.59. The fourth-order valence-corrected chi connectivity index (χ4v) is 3.10. The van der Waals surface area contributed by atoms with Crippen LogP contribution >= 0.6 is 0 Å². The van der Waals surface area contributed by atoms with Crippen LogP contribution in [0.25, 0.3) is 0 Å². The lowest BCUT2D eigenvalue weighted by Crippen LogP contribution is -2.20. The molecule has 0 aliphatic rings. The van der Waals surface area contributed by atoms with Gasteiger partial charge in [0.1, 0.15) is 0 Å². The maximum absolute atomic E-state index is 5.36. The topological polar surface area (TPSA) is 72.4 Å². The number of hydrogen-bond acceptors (Lipinski definition) is 7. The van der Waals surface area contributed by atoms with E-state index in [9.17, 15) is 0 Å². The van der Waals surface area contributed by atoms with Gasteiger partial charge in [0.2, 0.25) is 0 Å². The number of nitrogens with zero attached hydrogens (tertiary/aromatic N) is 4. The number of ether oxygens (including phenoxy) is 2. The van der Waals surface area contributed by atoms with Crippen molar-refractivity contribution in [2.24, 2.45) is 0 Å². The highest BCUT2D eigenvalue weighted by Gasteiger charge is 2.12. The van der Waals surface area contributed by atoms with E-state index in [2.05, 4.69) is 52.5 Å². The predicted molar refractivity (Wildman–Crippen MR) is 115 cm³/mol.